The summed E-state index contributed by atoms with van der Waals surface area (Å²) in [4.78, 5) is 35.4. The number of esters is 1. The molecule has 0 heterocycles. The number of urea groups is 1. The first-order valence-corrected chi connectivity index (χ1v) is 11.1. The molecule has 0 radical (unpaired) electrons. The van der Waals surface area contributed by atoms with Gasteiger partial charge in [-0.2, -0.15) is 4.72 Å². The molecular formula is C21H24FN3O6S. The van der Waals surface area contributed by atoms with E-state index in [1.54, 1.807) is 44.2 Å². The molecule has 2 aromatic rings. The molecule has 0 saturated heterocycles. The Bertz CT molecular complexity index is 1080. The zero-order valence-corrected chi connectivity index (χ0v) is 18.3. The highest BCUT2D eigenvalue weighted by molar-refractivity contribution is 7.89. The second kappa shape index (κ2) is 10.8. The highest BCUT2D eigenvalue weighted by atomic mass is 32.2. The van der Waals surface area contributed by atoms with Crippen molar-refractivity contribution in [3.8, 4) is 0 Å². The van der Waals surface area contributed by atoms with E-state index in [2.05, 4.69) is 4.72 Å². The summed E-state index contributed by atoms with van der Waals surface area (Å²) in [6.45, 7) is 3.13. The molecule has 11 heteroatoms. The number of hydrogen-bond acceptors (Lipinski definition) is 6. The summed E-state index contributed by atoms with van der Waals surface area (Å²) in [5.74, 6) is -3.57. The number of ether oxygens (including phenoxy) is 1. The van der Waals surface area contributed by atoms with Crippen LogP contribution in [0.15, 0.2) is 59.5 Å². The van der Waals surface area contributed by atoms with Crippen molar-refractivity contribution in [3.63, 3.8) is 0 Å². The van der Waals surface area contributed by atoms with E-state index < -0.39 is 56.7 Å². The first kappa shape index (κ1) is 25.0. The van der Waals surface area contributed by atoms with Crippen LogP contribution in [0.1, 0.15) is 19.4 Å². The van der Waals surface area contributed by atoms with Crippen LogP contribution in [-0.2, 0) is 30.8 Å². The van der Waals surface area contributed by atoms with Gasteiger partial charge in [-0.25, -0.2) is 17.6 Å². The van der Waals surface area contributed by atoms with E-state index in [-0.39, 0.29) is 6.42 Å². The Kier molecular flexibility index (Phi) is 8.44. The van der Waals surface area contributed by atoms with Crippen molar-refractivity contribution in [1.29, 1.82) is 0 Å². The predicted molar refractivity (Wildman–Crippen MR) is 113 cm³/mol. The van der Waals surface area contributed by atoms with Crippen molar-refractivity contribution in [2.45, 2.75) is 37.3 Å². The molecule has 0 aromatic heterocycles. The molecular weight excluding hydrogens is 441 g/mol. The maximum absolute atomic E-state index is 14.1. The largest absolute Gasteiger partial charge is 0.451 e. The van der Waals surface area contributed by atoms with Gasteiger partial charge in [-0.05, 0) is 30.0 Å². The van der Waals surface area contributed by atoms with Crippen molar-refractivity contribution in [3.05, 3.63) is 66.0 Å². The standard InChI is InChI=1S/C21H24FN3O6S/c1-13(2)18(19(26)24-21(23)28)31-20(27)16(12-14-8-4-3-5-9-14)25-32(29,30)17-11-7-6-10-15(17)22/h3-11,13,16,18,25H,12H2,1-2H3,(H3,23,24,26,28)/t16-,18+/m1/s1. The predicted octanol–water partition coefficient (Wildman–Crippen LogP) is 1.48. The van der Waals surface area contributed by atoms with Crippen LogP contribution in [0.2, 0.25) is 0 Å². The van der Waals surface area contributed by atoms with E-state index in [9.17, 15) is 27.2 Å². The average Bonchev–Trinajstić information content (AvgIpc) is 2.71. The molecule has 0 aliphatic heterocycles. The van der Waals surface area contributed by atoms with E-state index >= 15 is 0 Å². The zero-order valence-electron chi connectivity index (χ0n) is 17.4. The van der Waals surface area contributed by atoms with Gasteiger partial charge in [0.1, 0.15) is 16.8 Å². The highest BCUT2D eigenvalue weighted by Crippen LogP contribution is 2.17. The van der Waals surface area contributed by atoms with Gasteiger partial charge in [0.2, 0.25) is 10.0 Å². The van der Waals surface area contributed by atoms with Crippen molar-refractivity contribution in [2.24, 2.45) is 11.7 Å². The van der Waals surface area contributed by atoms with Gasteiger partial charge >= 0.3 is 12.0 Å². The normalized spacial score (nSPS) is 13.2. The van der Waals surface area contributed by atoms with Crippen LogP contribution in [0.5, 0.6) is 0 Å². The van der Waals surface area contributed by atoms with Crippen LogP contribution in [0.25, 0.3) is 0 Å². The molecule has 0 bridgehead atoms. The fourth-order valence-electron chi connectivity index (χ4n) is 2.83. The van der Waals surface area contributed by atoms with E-state index in [1.165, 1.54) is 12.1 Å². The Morgan fingerprint density at radius 1 is 1.03 bits per heavy atom. The van der Waals surface area contributed by atoms with Crippen molar-refractivity contribution in [1.82, 2.24) is 10.0 Å². The van der Waals surface area contributed by atoms with E-state index in [0.29, 0.717) is 5.56 Å². The number of halogens is 1. The van der Waals surface area contributed by atoms with Gasteiger partial charge in [0.05, 0.1) is 0 Å². The fourth-order valence-corrected chi connectivity index (χ4v) is 4.09. The van der Waals surface area contributed by atoms with Gasteiger partial charge < -0.3 is 10.5 Å². The maximum Gasteiger partial charge on any atom is 0.325 e. The minimum absolute atomic E-state index is 0.129. The summed E-state index contributed by atoms with van der Waals surface area (Å²) in [6, 6.07) is 10.5. The minimum Gasteiger partial charge on any atom is -0.451 e. The molecule has 0 aliphatic carbocycles. The molecule has 0 spiro atoms. The number of hydrogen-bond donors (Lipinski definition) is 3. The van der Waals surface area contributed by atoms with Crippen molar-refractivity contribution >= 4 is 27.9 Å². The number of carbonyl (C=O) groups is 3. The van der Waals surface area contributed by atoms with Gasteiger partial charge in [0.15, 0.2) is 6.10 Å². The molecule has 172 valence electrons. The quantitative estimate of drug-likeness (QED) is 0.479. The van der Waals surface area contributed by atoms with Crippen LogP contribution in [0.3, 0.4) is 0 Å². The summed E-state index contributed by atoms with van der Waals surface area (Å²) in [6.07, 6.45) is -1.54. The number of benzene rings is 2. The van der Waals surface area contributed by atoms with Crippen LogP contribution < -0.4 is 15.8 Å². The summed E-state index contributed by atoms with van der Waals surface area (Å²) in [5, 5.41) is 1.83. The second-order valence-corrected chi connectivity index (χ2v) is 8.93. The number of carbonyl (C=O) groups excluding carboxylic acids is 3. The number of amides is 3. The Hall–Kier alpha value is -3.31. The van der Waals surface area contributed by atoms with Crippen LogP contribution in [0, 0.1) is 11.7 Å². The van der Waals surface area contributed by atoms with Gasteiger partial charge in [0, 0.05) is 0 Å². The number of imide groups is 1. The smallest absolute Gasteiger partial charge is 0.325 e. The Morgan fingerprint density at radius 2 is 1.62 bits per heavy atom. The first-order chi connectivity index (χ1) is 15.0. The molecule has 2 atom stereocenters. The topological polar surface area (TPSA) is 145 Å². The number of nitrogens with two attached hydrogens (primary N) is 1. The summed E-state index contributed by atoms with van der Waals surface area (Å²) in [7, 11) is -4.45. The SMILES string of the molecule is CC(C)[C@H](OC(=O)[C@@H](Cc1ccccc1)NS(=O)(=O)c1ccccc1F)C(=O)NC(N)=O. The Balaban J connectivity index is 2.33. The molecule has 0 fully saturated rings. The molecule has 2 aromatic carbocycles. The van der Waals surface area contributed by atoms with E-state index in [1.807, 2.05) is 5.32 Å². The van der Waals surface area contributed by atoms with Crippen LogP contribution in [-0.4, -0.2) is 38.5 Å². The van der Waals surface area contributed by atoms with Gasteiger partial charge in [-0.15, -0.1) is 0 Å². The lowest BCUT2D eigenvalue weighted by molar-refractivity contribution is -0.159. The third-order valence-electron chi connectivity index (χ3n) is 4.34. The number of primary amides is 1. The summed E-state index contributed by atoms with van der Waals surface area (Å²) < 4.78 is 47.0. The Morgan fingerprint density at radius 3 is 2.19 bits per heavy atom. The molecule has 32 heavy (non-hydrogen) atoms. The molecule has 3 amide bonds. The molecule has 2 rings (SSSR count). The molecule has 4 N–H and O–H groups in total. The van der Waals surface area contributed by atoms with Crippen LogP contribution in [0.4, 0.5) is 9.18 Å². The first-order valence-electron chi connectivity index (χ1n) is 9.63. The molecule has 0 unspecified atom stereocenters. The van der Waals surface area contributed by atoms with E-state index in [0.717, 1.165) is 12.1 Å². The fraction of sp³-hybridized carbons (Fsp3) is 0.286. The second-order valence-electron chi connectivity index (χ2n) is 7.25. The third-order valence-corrected chi connectivity index (χ3v) is 5.85. The molecule has 0 aliphatic rings. The van der Waals surface area contributed by atoms with E-state index in [4.69, 9.17) is 10.5 Å². The summed E-state index contributed by atoms with van der Waals surface area (Å²) in [5.41, 5.74) is 5.54. The van der Waals surface area contributed by atoms with Gasteiger partial charge in [-0.3, -0.25) is 14.9 Å². The number of sulfonamides is 1. The highest BCUT2D eigenvalue weighted by Gasteiger charge is 2.34. The maximum atomic E-state index is 14.1. The lowest BCUT2D eigenvalue weighted by Gasteiger charge is -2.24. The van der Waals surface area contributed by atoms with Crippen LogP contribution >= 0.6 is 0 Å². The van der Waals surface area contributed by atoms with Gasteiger partial charge in [0.25, 0.3) is 5.91 Å². The third kappa shape index (κ3) is 6.86. The average molecular weight is 466 g/mol. The molecule has 9 nitrogen and oxygen atoms in total. The van der Waals surface area contributed by atoms with Crippen molar-refractivity contribution < 1.29 is 31.9 Å². The number of rotatable bonds is 9. The number of nitrogens with one attached hydrogen (secondary N) is 2. The lowest BCUT2D eigenvalue weighted by atomic mass is 10.1. The minimum atomic E-state index is -4.45. The zero-order chi connectivity index (χ0) is 23.9. The Labute approximate surface area is 185 Å². The lowest BCUT2D eigenvalue weighted by Crippen LogP contribution is -2.49. The van der Waals surface area contributed by atoms with Gasteiger partial charge in [-0.1, -0.05) is 56.3 Å². The summed E-state index contributed by atoms with van der Waals surface area (Å²) >= 11 is 0. The van der Waals surface area contributed by atoms with Crippen molar-refractivity contribution in [2.75, 3.05) is 0 Å². The monoisotopic (exact) mass is 465 g/mol. The molecule has 0 saturated carbocycles.